The molecule has 0 unspecified atom stereocenters. The number of aliphatic hydroxyl groups is 1. The molecule has 0 saturated carbocycles. The molecule has 0 aliphatic carbocycles. The van der Waals surface area contributed by atoms with Crippen LogP contribution in [0.3, 0.4) is 0 Å². The third-order valence-corrected chi connectivity index (χ3v) is 4.23. The Hall–Kier alpha value is -2.34. The predicted molar refractivity (Wildman–Crippen MR) is 108 cm³/mol. The Kier molecular flexibility index (Phi) is 9.32. The smallest absolute Gasteiger partial charge is 0.183 e. The number of ether oxygens (including phenoxy) is 1. The van der Waals surface area contributed by atoms with Crippen molar-refractivity contribution in [2.45, 2.75) is 6.92 Å². The van der Waals surface area contributed by atoms with E-state index in [1.165, 1.54) is 4.88 Å². The largest absolute Gasteiger partial charge is 0.496 e. The van der Waals surface area contributed by atoms with E-state index in [-0.39, 0.29) is 0 Å². The lowest BCUT2D eigenvalue weighted by molar-refractivity contribution is -0.248. The summed E-state index contributed by atoms with van der Waals surface area (Å²) in [6.45, 7) is 2.08. The van der Waals surface area contributed by atoms with Gasteiger partial charge in [0.25, 0.3) is 0 Å². The summed E-state index contributed by atoms with van der Waals surface area (Å²) in [4.78, 5) is 1.34. The molecular weight excluding hydrogens is 332 g/mol. The zero-order chi connectivity index (χ0) is 18.7. The van der Waals surface area contributed by atoms with Crippen LogP contribution in [-0.2, 0) is 0 Å². The van der Waals surface area contributed by atoms with Crippen LogP contribution in [0.1, 0.15) is 4.88 Å². The average molecular weight is 360 g/mol. The van der Waals surface area contributed by atoms with Crippen LogP contribution in [0.5, 0.6) is 5.75 Å². The van der Waals surface area contributed by atoms with E-state index in [0.717, 1.165) is 34.7 Å². The van der Waals surface area contributed by atoms with Crippen LogP contribution in [0.4, 0.5) is 10.7 Å². The standard InChI is InChI=1S/C14H15NO.C5H7NS.CH4O/c1-15-12-8-9-14(16-2)13(10-12)11-6-4-3-5-7-11;1-4-2-3-5(6)7-4;1-2/h3-10,15H,1-2H3;2-3H,6H2,1H3;2H,1H3/p+1. The molecule has 0 spiro atoms. The molecule has 1 heterocycles. The number of quaternary nitrogens is 1. The third-order valence-electron chi connectivity index (χ3n) is 3.37. The third kappa shape index (κ3) is 6.58. The SMILES string of the molecule is CNc1ccc(OC)c(-c2ccccc2)c1.CO.Cc1ccc([NH3+])s1. The summed E-state index contributed by atoms with van der Waals surface area (Å²) in [6.07, 6.45) is 0. The molecule has 5 heteroatoms. The van der Waals surface area contributed by atoms with Gasteiger partial charge in [-0.05, 0) is 36.8 Å². The van der Waals surface area contributed by atoms with Gasteiger partial charge in [-0.3, -0.25) is 0 Å². The highest BCUT2D eigenvalue weighted by molar-refractivity contribution is 7.15. The lowest BCUT2D eigenvalue weighted by Crippen LogP contribution is -2.38. The van der Waals surface area contributed by atoms with Gasteiger partial charge in [-0.25, -0.2) is 0 Å². The number of hydrogen-bond acceptors (Lipinski definition) is 4. The van der Waals surface area contributed by atoms with Crippen LogP contribution in [-0.4, -0.2) is 26.4 Å². The van der Waals surface area contributed by atoms with Crippen LogP contribution in [0.15, 0.2) is 60.7 Å². The van der Waals surface area contributed by atoms with Gasteiger partial charge in [0, 0.05) is 36.4 Å². The van der Waals surface area contributed by atoms with Gasteiger partial charge in [-0.2, -0.15) is 0 Å². The van der Waals surface area contributed by atoms with E-state index < -0.39 is 0 Å². The number of anilines is 1. The Morgan fingerprint density at radius 2 is 1.68 bits per heavy atom. The highest BCUT2D eigenvalue weighted by Gasteiger charge is 2.05. The van der Waals surface area contributed by atoms with Crippen molar-refractivity contribution in [3.63, 3.8) is 0 Å². The Bertz CT molecular complexity index is 726. The zero-order valence-electron chi connectivity index (χ0n) is 15.2. The lowest BCUT2D eigenvalue weighted by atomic mass is 10.0. The van der Waals surface area contributed by atoms with Crippen molar-refractivity contribution >= 4 is 22.0 Å². The van der Waals surface area contributed by atoms with Crippen LogP contribution in [0.25, 0.3) is 11.1 Å². The van der Waals surface area contributed by atoms with E-state index >= 15 is 0 Å². The van der Waals surface area contributed by atoms with Gasteiger partial charge >= 0.3 is 0 Å². The van der Waals surface area contributed by atoms with Gasteiger partial charge in [0.15, 0.2) is 5.00 Å². The molecule has 0 saturated heterocycles. The molecule has 0 radical (unpaired) electrons. The summed E-state index contributed by atoms with van der Waals surface area (Å²) in [6, 6.07) is 20.4. The monoisotopic (exact) mass is 359 g/mol. The molecule has 2 aromatic carbocycles. The Labute approximate surface area is 153 Å². The highest BCUT2D eigenvalue weighted by Crippen LogP contribution is 2.32. The molecule has 3 aromatic rings. The molecular formula is C20H27N2O2S+. The van der Waals surface area contributed by atoms with Crippen molar-refractivity contribution in [2.24, 2.45) is 0 Å². The second kappa shape index (κ2) is 11.3. The van der Waals surface area contributed by atoms with Crippen molar-refractivity contribution in [3.05, 3.63) is 65.5 Å². The van der Waals surface area contributed by atoms with Gasteiger partial charge < -0.3 is 20.9 Å². The van der Waals surface area contributed by atoms with E-state index in [9.17, 15) is 0 Å². The van der Waals surface area contributed by atoms with Gasteiger partial charge in [0.1, 0.15) is 5.75 Å². The summed E-state index contributed by atoms with van der Waals surface area (Å²) in [5.74, 6) is 0.894. The number of nitrogens with one attached hydrogen (secondary N) is 1. The number of benzene rings is 2. The summed E-state index contributed by atoms with van der Waals surface area (Å²) in [5.41, 5.74) is 7.11. The first-order valence-electron chi connectivity index (χ1n) is 7.88. The predicted octanol–water partition coefficient (Wildman–Crippen LogP) is 3.94. The summed E-state index contributed by atoms with van der Waals surface area (Å²) >= 11 is 1.73. The maximum Gasteiger partial charge on any atom is 0.183 e. The first-order valence-corrected chi connectivity index (χ1v) is 8.70. The first-order chi connectivity index (χ1) is 12.1. The van der Waals surface area contributed by atoms with E-state index in [1.54, 1.807) is 18.4 Å². The molecule has 4 nitrogen and oxygen atoms in total. The summed E-state index contributed by atoms with van der Waals surface area (Å²) in [7, 11) is 4.61. The van der Waals surface area contributed by atoms with Crippen molar-refractivity contribution in [1.29, 1.82) is 0 Å². The van der Waals surface area contributed by atoms with Crippen molar-refractivity contribution < 1.29 is 15.6 Å². The fourth-order valence-corrected chi connectivity index (χ4v) is 2.88. The molecule has 0 bridgehead atoms. The van der Waals surface area contributed by atoms with E-state index in [1.807, 2.05) is 43.4 Å². The quantitative estimate of drug-likeness (QED) is 0.663. The normalized spacial score (nSPS) is 9.20. The molecule has 3 rings (SSSR count). The first kappa shape index (κ1) is 20.7. The molecule has 25 heavy (non-hydrogen) atoms. The number of methoxy groups -OCH3 is 1. The summed E-state index contributed by atoms with van der Waals surface area (Å²) in [5, 5.41) is 11.3. The topological polar surface area (TPSA) is 69.1 Å². The van der Waals surface area contributed by atoms with Gasteiger partial charge in [0.2, 0.25) is 0 Å². The maximum absolute atomic E-state index is 7.00. The number of thiophene rings is 1. The second-order valence-electron chi connectivity index (χ2n) is 5.04. The molecule has 134 valence electrons. The van der Waals surface area contributed by atoms with Crippen LogP contribution >= 0.6 is 11.3 Å². The number of aliphatic hydroxyl groups excluding tert-OH is 1. The molecule has 5 N–H and O–H groups in total. The maximum atomic E-state index is 7.00. The molecule has 0 atom stereocenters. The summed E-state index contributed by atoms with van der Waals surface area (Å²) < 4.78 is 5.37. The Balaban J connectivity index is 0.000000290. The molecule has 0 aliphatic rings. The minimum Gasteiger partial charge on any atom is -0.496 e. The number of rotatable bonds is 3. The van der Waals surface area contributed by atoms with Gasteiger partial charge in [0.05, 0.1) is 7.11 Å². The van der Waals surface area contributed by atoms with Gasteiger partial charge in [-0.15, -0.1) is 0 Å². The minimum absolute atomic E-state index is 0.894. The van der Waals surface area contributed by atoms with Crippen molar-refractivity contribution in [3.8, 4) is 16.9 Å². The molecule has 0 aliphatic heterocycles. The fourth-order valence-electron chi connectivity index (χ4n) is 2.19. The highest BCUT2D eigenvalue weighted by atomic mass is 32.1. The van der Waals surface area contributed by atoms with Crippen LogP contribution < -0.4 is 15.8 Å². The number of aryl methyl sites for hydroxylation is 1. The number of hydrogen-bond donors (Lipinski definition) is 3. The zero-order valence-corrected chi connectivity index (χ0v) is 16.1. The van der Waals surface area contributed by atoms with Crippen molar-refractivity contribution in [2.75, 3.05) is 26.6 Å². The average Bonchev–Trinajstić information content (AvgIpc) is 3.06. The van der Waals surface area contributed by atoms with E-state index in [4.69, 9.17) is 9.84 Å². The Morgan fingerprint density at radius 3 is 2.12 bits per heavy atom. The minimum atomic E-state index is 0.894. The van der Waals surface area contributed by atoms with Crippen LogP contribution in [0, 0.1) is 6.92 Å². The second-order valence-corrected chi connectivity index (χ2v) is 6.42. The molecule has 0 amide bonds. The van der Waals surface area contributed by atoms with E-state index in [2.05, 4.69) is 42.2 Å². The van der Waals surface area contributed by atoms with Gasteiger partial charge in [-0.1, -0.05) is 41.7 Å². The lowest BCUT2D eigenvalue weighted by Gasteiger charge is -2.10. The van der Waals surface area contributed by atoms with Crippen molar-refractivity contribution in [1.82, 2.24) is 0 Å². The molecule has 0 fully saturated rings. The molecule has 1 aromatic heterocycles. The van der Waals surface area contributed by atoms with E-state index in [0.29, 0.717) is 0 Å². The van der Waals surface area contributed by atoms with Crippen LogP contribution in [0.2, 0.25) is 0 Å². The Morgan fingerprint density at radius 1 is 1.00 bits per heavy atom. The fraction of sp³-hybridized carbons (Fsp3) is 0.200.